The SMILES string of the molecule is NCc1ncccc1S(=O)(=O)Nc1ncccn1. The molecule has 7 nitrogen and oxygen atoms in total. The fourth-order valence-electron chi connectivity index (χ4n) is 1.35. The molecule has 2 aromatic heterocycles. The average Bonchev–Trinajstić information content (AvgIpc) is 2.39. The van der Waals surface area contributed by atoms with Crippen molar-refractivity contribution in [3.63, 3.8) is 0 Å². The molecule has 18 heavy (non-hydrogen) atoms. The molecule has 0 aromatic carbocycles. The third-order valence-electron chi connectivity index (χ3n) is 2.12. The zero-order valence-corrected chi connectivity index (χ0v) is 10.1. The molecule has 2 rings (SSSR count). The van der Waals surface area contributed by atoms with Gasteiger partial charge in [0.15, 0.2) is 0 Å². The first-order chi connectivity index (χ1) is 8.63. The Kier molecular flexibility index (Phi) is 3.49. The lowest BCUT2D eigenvalue weighted by atomic mass is 10.3. The van der Waals surface area contributed by atoms with Crippen LogP contribution in [0, 0.1) is 0 Å². The van der Waals surface area contributed by atoms with Crippen molar-refractivity contribution in [1.82, 2.24) is 15.0 Å². The summed E-state index contributed by atoms with van der Waals surface area (Å²) in [6.45, 7) is 0.0345. The van der Waals surface area contributed by atoms with E-state index in [1.807, 2.05) is 0 Å². The smallest absolute Gasteiger partial charge is 0.266 e. The van der Waals surface area contributed by atoms with Crippen LogP contribution >= 0.6 is 0 Å². The Morgan fingerprint density at radius 1 is 1.11 bits per heavy atom. The van der Waals surface area contributed by atoms with Crippen molar-refractivity contribution in [3.05, 3.63) is 42.5 Å². The minimum atomic E-state index is -3.77. The molecular formula is C10H11N5O2S. The summed E-state index contributed by atoms with van der Waals surface area (Å²) in [6.07, 6.45) is 4.37. The largest absolute Gasteiger partial charge is 0.325 e. The monoisotopic (exact) mass is 265 g/mol. The van der Waals surface area contributed by atoms with Gasteiger partial charge in [-0.3, -0.25) is 4.98 Å². The van der Waals surface area contributed by atoms with Gasteiger partial charge < -0.3 is 5.73 Å². The molecular weight excluding hydrogens is 254 g/mol. The highest BCUT2D eigenvalue weighted by Crippen LogP contribution is 2.15. The molecule has 3 N–H and O–H groups in total. The molecule has 0 saturated carbocycles. The lowest BCUT2D eigenvalue weighted by Crippen LogP contribution is -2.18. The van der Waals surface area contributed by atoms with Gasteiger partial charge in [-0.2, -0.15) is 0 Å². The summed E-state index contributed by atoms with van der Waals surface area (Å²) in [6, 6.07) is 4.55. The van der Waals surface area contributed by atoms with E-state index in [0.29, 0.717) is 5.69 Å². The van der Waals surface area contributed by atoms with Crippen LogP contribution in [0.3, 0.4) is 0 Å². The maximum absolute atomic E-state index is 12.1. The summed E-state index contributed by atoms with van der Waals surface area (Å²) < 4.78 is 26.5. The lowest BCUT2D eigenvalue weighted by molar-refractivity contribution is 0.598. The van der Waals surface area contributed by atoms with E-state index in [4.69, 9.17) is 5.73 Å². The molecule has 0 unspecified atom stereocenters. The molecule has 8 heteroatoms. The maximum atomic E-state index is 12.1. The summed E-state index contributed by atoms with van der Waals surface area (Å²) in [5.41, 5.74) is 5.75. The third kappa shape index (κ3) is 2.60. The Morgan fingerprint density at radius 2 is 1.78 bits per heavy atom. The third-order valence-corrected chi connectivity index (χ3v) is 3.52. The van der Waals surface area contributed by atoms with Crippen molar-refractivity contribution in [2.24, 2.45) is 5.73 Å². The summed E-state index contributed by atoms with van der Waals surface area (Å²) in [7, 11) is -3.77. The first-order valence-corrected chi connectivity index (χ1v) is 6.55. The van der Waals surface area contributed by atoms with Crippen molar-refractivity contribution < 1.29 is 8.42 Å². The first kappa shape index (κ1) is 12.4. The van der Waals surface area contributed by atoms with Crippen molar-refractivity contribution in [2.75, 3.05) is 4.72 Å². The molecule has 0 spiro atoms. The Balaban J connectivity index is 2.37. The zero-order chi connectivity index (χ0) is 13.0. The van der Waals surface area contributed by atoms with E-state index >= 15 is 0 Å². The molecule has 0 aliphatic carbocycles. The topological polar surface area (TPSA) is 111 Å². The van der Waals surface area contributed by atoms with Gasteiger partial charge in [-0.25, -0.2) is 23.1 Å². The van der Waals surface area contributed by atoms with Crippen LogP contribution in [0.2, 0.25) is 0 Å². The second-order valence-corrected chi connectivity index (χ2v) is 4.98. The number of rotatable bonds is 4. The van der Waals surface area contributed by atoms with Crippen molar-refractivity contribution in [2.45, 2.75) is 11.4 Å². The van der Waals surface area contributed by atoms with Gasteiger partial charge in [-0.05, 0) is 18.2 Å². The normalized spacial score (nSPS) is 11.2. The van der Waals surface area contributed by atoms with Crippen LogP contribution in [0.4, 0.5) is 5.95 Å². The Bertz CT molecular complexity index is 630. The summed E-state index contributed by atoms with van der Waals surface area (Å²) in [4.78, 5) is 11.5. The van der Waals surface area contributed by atoms with E-state index in [2.05, 4.69) is 19.7 Å². The number of anilines is 1. The molecule has 0 aliphatic heterocycles. The molecule has 0 fully saturated rings. The Hall–Kier alpha value is -2.06. The molecule has 94 valence electrons. The predicted octanol–water partition coefficient (Wildman–Crippen LogP) is 0.131. The highest BCUT2D eigenvalue weighted by Gasteiger charge is 2.19. The maximum Gasteiger partial charge on any atom is 0.266 e. The van der Waals surface area contributed by atoms with Crippen LogP contribution in [0.15, 0.2) is 41.7 Å². The summed E-state index contributed by atoms with van der Waals surface area (Å²) >= 11 is 0. The van der Waals surface area contributed by atoms with Gasteiger partial charge in [-0.15, -0.1) is 0 Å². The van der Waals surface area contributed by atoms with E-state index in [0.717, 1.165) is 0 Å². The lowest BCUT2D eigenvalue weighted by Gasteiger charge is -2.08. The molecule has 0 atom stereocenters. The van der Waals surface area contributed by atoms with Gasteiger partial charge >= 0.3 is 0 Å². The fourth-order valence-corrected chi connectivity index (χ4v) is 2.51. The number of sulfonamides is 1. The number of hydrogen-bond donors (Lipinski definition) is 2. The van der Waals surface area contributed by atoms with Crippen molar-refractivity contribution in [3.8, 4) is 0 Å². The van der Waals surface area contributed by atoms with Gasteiger partial charge in [0, 0.05) is 25.1 Å². The molecule has 0 radical (unpaired) electrons. The van der Waals surface area contributed by atoms with Gasteiger partial charge in [-0.1, -0.05) is 0 Å². The molecule has 0 aliphatic rings. The predicted molar refractivity (Wildman–Crippen MR) is 65.0 cm³/mol. The van der Waals surface area contributed by atoms with E-state index in [1.54, 1.807) is 6.07 Å². The van der Waals surface area contributed by atoms with Gasteiger partial charge in [0.05, 0.1) is 5.69 Å². The molecule has 0 amide bonds. The van der Waals surface area contributed by atoms with Crippen molar-refractivity contribution >= 4 is 16.0 Å². The molecule has 2 heterocycles. The van der Waals surface area contributed by atoms with Gasteiger partial charge in [0.25, 0.3) is 10.0 Å². The Morgan fingerprint density at radius 3 is 2.44 bits per heavy atom. The van der Waals surface area contributed by atoms with Crippen LogP contribution in [-0.4, -0.2) is 23.4 Å². The van der Waals surface area contributed by atoms with Crippen LogP contribution in [0.5, 0.6) is 0 Å². The highest BCUT2D eigenvalue weighted by atomic mass is 32.2. The molecule has 0 saturated heterocycles. The van der Waals surface area contributed by atoms with Crippen LogP contribution in [0.25, 0.3) is 0 Å². The number of hydrogen-bond acceptors (Lipinski definition) is 6. The number of aromatic nitrogens is 3. The second kappa shape index (κ2) is 5.07. The minimum absolute atomic E-state index is 0.00400. The molecule has 0 bridgehead atoms. The highest BCUT2D eigenvalue weighted by molar-refractivity contribution is 7.92. The van der Waals surface area contributed by atoms with Crippen LogP contribution < -0.4 is 10.5 Å². The number of nitrogens with zero attached hydrogens (tertiary/aromatic N) is 3. The van der Waals surface area contributed by atoms with E-state index in [1.165, 1.54) is 30.7 Å². The van der Waals surface area contributed by atoms with E-state index in [-0.39, 0.29) is 17.4 Å². The van der Waals surface area contributed by atoms with Gasteiger partial charge in [0.2, 0.25) is 5.95 Å². The van der Waals surface area contributed by atoms with Crippen LogP contribution in [-0.2, 0) is 16.6 Å². The standard InChI is InChI=1S/C10H11N5O2S/c11-7-8-9(3-1-4-12-8)18(16,17)15-10-13-5-2-6-14-10/h1-6H,7,11H2,(H,13,14,15). The number of nitrogens with two attached hydrogens (primary N) is 1. The summed E-state index contributed by atoms with van der Waals surface area (Å²) in [5, 5.41) is 0. The first-order valence-electron chi connectivity index (χ1n) is 5.07. The molecule has 2 aromatic rings. The number of nitrogens with one attached hydrogen (secondary N) is 1. The zero-order valence-electron chi connectivity index (χ0n) is 9.31. The average molecular weight is 265 g/mol. The van der Waals surface area contributed by atoms with Gasteiger partial charge in [0.1, 0.15) is 4.90 Å². The second-order valence-electron chi connectivity index (χ2n) is 3.33. The Labute approximate surface area is 104 Å². The van der Waals surface area contributed by atoms with E-state index < -0.39 is 10.0 Å². The van der Waals surface area contributed by atoms with E-state index in [9.17, 15) is 8.42 Å². The fraction of sp³-hybridized carbons (Fsp3) is 0.100. The van der Waals surface area contributed by atoms with Crippen molar-refractivity contribution in [1.29, 1.82) is 0 Å². The quantitative estimate of drug-likeness (QED) is 0.813. The minimum Gasteiger partial charge on any atom is -0.325 e. The number of pyridine rings is 1. The van der Waals surface area contributed by atoms with Crippen LogP contribution in [0.1, 0.15) is 5.69 Å². The summed E-state index contributed by atoms with van der Waals surface area (Å²) in [5.74, 6) is 0.00400.